The number of anilines is 1. The number of amides is 1. The van der Waals surface area contributed by atoms with Gasteiger partial charge in [-0.2, -0.15) is 0 Å². The molecule has 1 saturated heterocycles. The fraction of sp³-hybridized carbons (Fsp3) is 0.375. The van der Waals surface area contributed by atoms with E-state index in [2.05, 4.69) is 64.4 Å². The van der Waals surface area contributed by atoms with Crippen molar-refractivity contribution in [3.63, 3.8) is 0 Å². The molecule has 4 nitrogen and oxygen atoms in total. The zero-order valence-corrected chi connectivity index (χ0v) is 16.5. The average Bonchev–Trinajstić information content (AvgIpc) is 2.75. The quantitative estimate of drug-likeness (QED) is 0.802. The summed E-state index contributed by atoms with van der Waals surface area (Å²) in [5.41, 5.74) is 3.66. The van der Waals surface area contributed by atoms with Crippen LogP contribution in [0.3, 0.4) is 0 Å². The Morgan fingerprint density at radius 2 is 1.57 bits per heavy atom. The third kappa shape index (κ3) is 4.70. The van der Waals surface area contributed by atoms with Crippen molar-refractivity contribution >= 4 is 17.7 Å². The van der Waals surface area contributed by atoms with Gasteiger partial charge in [-0.15, -0.1) is 0 Å². The summed E-state index contributed by atoms with van der Waals surface area (Å²) in [6.45, 7) is 6.30. The molecule has 4 heteroatoms. The normalized spacial score (nSPS) is 18.4. The summed E-state index contributed by atoms with van der Waals surface area (Å²) < 4.78 is 0. The second kappa shape index (κ2) is 9.18. The van der Waals surface area contributed by atoms with Crippen LogP contribution < -0.4 is 4.90 Å². The van der Waals surface area contributed by atoms with Crippen molar-refractivity contribution in [3.05, 3.63) is 71.8 Å². The molecule has 2 aliphatic heterocycles. The Morgan fingerprint density at radius 3 is 2.39 bits per heavy atom. The van der Waals surface area contributed by atoms with Crippen LogP contribution in [0.5, 0.6) is 0 Å². The molecule has 0 saturated carbocycles. The molecule has 1 fully saturated rings. The number of aryl methyl sites for hydroxylation is 1. The molecule has 0 bridgehead atoms. The molecule has 2 heterocycles. The van der Waals surface area contributed by atoms with Gasteiger partial charge in [0.15, 0.2) is 0 Å². The molecule has 0 aromatic heterocycles. The first kappa shape index (κ1) is 18.9. The van der Waals surface area contributed by atoms with Crippen molar-refractivity contribution in [2.45, 2.75) is 12.8 Å². The van der Waals surface area contributed by atoms with E-state index >= 15 is 0 Å². The SMILES string of the molecule is O=C(CN1CCN(CC=Cc2ccccc2)CC1)N1CCCc2ccccc21. The Kier molecular flexibility index (Phi) is 6.20. The van der Waals surface area contributed by atoms with Crippen molar-refractivity contribution in [2.24, 2.45) is 0 Å². The summed E-state index contributed by atoms with van der Waals surface area (Å²) in [5, 5.41) is 0. The number of hydrogen-bond donors (Lipinski definition) is 0. The number of hydrogen-bond acceptors (Lipinski definition) is 3. The average molecular weight is 376 g/mol. The minimum atomic E-state index is 0.240. The van der Waals surface area contributed by atoms with Gasteiger partial charge in [-0.3, -0.25) is 14.6 Å². The highest BCUT2D eigenvalue weighted by Crippen LogP contribution is 2.26. The number of carbonyl (C=O) groups excluding carboxylic acids is 1. The number of piperazine rings is 1. The lowest BCUT2D eigenvalue weighted by atomic mass is 10.0. The highest BCUT2D eigenvalue weighted by molar-refractivity contribution is 5.95. The molecule has 0 radical (unpaired) electrons. The van der Waals surface area contributed by atoms with Crippen LogP contribution >= 0.6 is 0 Å². The minimum absolute atomic E-state index is 0.240. The van der Waals surface area contributed by atoms with Crippen molar-refractivity contribution in [1.82, 2.24) is 9.80 Å². The molecule has 0 N–H and O–H groups in total. The third-order valence-electron chi connectivity index (χ3n) is 5.71. The van der Waals surface area contributed by atoms with E-state index in [1.165, 1.54) is 11.1 Å². The summed E-state index contributed by atoms with van der Waals surface area (Å²) in [7, 11) is 0. The maximum Gasteiger partial charge on any atom is 0.241 e. The van der Waals surface area contributed by atoms with Gasteiger partial charge in [-0.05, 0) is 30.0 Å². The van der Waals surface area contributed by atoms with E-state index in [-0.39, 0.29) is 5.91 Å². The van der Waals surface area contributed by atoms with E-state index in [9.17, 15) is 4.79 Å². The number of carbonyl (C=O) groups is 1. The molecule has 1 amide bonds. The predicted octanol–water partition coefficient (Wildman–Crippen LogP) is 3.30. The molecule has 2 aliphatic rings. The zero-order chi connectivity index (χ0) is 19.2. The lowest BCUT2D eigenvalue weighted by Gasteiger charge is -2.36. The number of benzene rings is 2. The Labute approximate surface area is 168 Å². The van der Waals surface area contributed by atoms with Crippen LogP contribution in [0, 0.1) is 0 Å². The molecule has 0 unspecified atom stereocenters. The second-order valence-electron chi connectivity index (χ2n) is 7.67. The monoisotopic (exact) mass is 375 g/mol. The van der Waals surface area contributed by atoms with Gasteiger partial charge < -0.3 is 4.90 Å². The summed E-state index contributed by atoms with van der Waals surface area (Å²) in [5.74, 6) is 0.240. The molecule has 4 rings (SSSR count). The van der Waals surface area contributed by atoms with Crippen molar-refractivity contribution in [1.29, 1.82) is 0 Å². The Hall–Kier alpha value is -2.43. The van der Waals surface area contributed by atoms with Crippen LogP contribution in [0.15, 0.2) is 60.7 Å². The molecular formula is C24H29N3O. The fourth-order valence-corrected chi connectivity index (χ4v) is 4.10. The topological polar surface area (TPSA) is 26.8 Å². The van der Waals surface area contributed by atoms with Gasteiger partial charge in [0, 0.05) is 45.0 Å². The first-order chi connectivity index (χ1) is 13.8. The van der Waals surface area contributed by atoms with Crippen molar-refractivity contribution < 1.29 is 4.79 Å². The lowest BCUT2D eigenvalue weighted by molar-refractivity contribution is -0.120. The highest BCUT2D eigenvalue weighted by atomic mass is 16.2. The third-order valence-corrected chi connectivity index (χ3v) is 5.71. The second-order valence-corrected chi connectivity index (χ2v) is 7.67. The Bertz CT molecular complexity index is 810. The first-order valence-corrected chi connectivity index (χ1v) is 10.3. The minimum Gasteiger partial charge on any atom is -0.311 e. The van der Waals surface area contributed by atoms with Gasteiger partial charge in [0.05, 0.1) is 6.54 Å². The van der Waals surface area contributed by atoms with Gasteiger partial charge in [0.2, 0.25) is 5.91 Å². The lowest BCUT2D eigenvalue weighted by Crippen LogP contribution is -2.50. The van der Waals surface area contributed by atoms with Crippen LogP contribution in [-0.2, 0) is 11.2 Å². The van der Waals surface area contributed by atoms with Gasteiger partial charge in [-0.25, -0.2) is 0 Å². The smallest absolute Gasteiger partial charge is 0.241 e. The van der Waals surface area contributed by atoms with Gasteiger partial charge in [0.25, 0.3) is 0 Å². The number of para-hydroxylation sites is 1. The predicted molar refractivity (Wildman–Crippen MR) is 115 cm³/mol. The molecule has 0 spiro atoms. The van der Waals surface area contributed by atoms with E-state index in [4.69, 9.17) is 0 Å². The standard InChI is InChI=1S/C24H29N3O/c28-24(27-15-7-12-22-11-4-5-13-23(22)27)20-26-18-16-25(17-19-26)14-6-10-21-8-2-1-3-9-21/h1-6,8-11,13H,7,12,14-20H2. The van der Waals surface area contributed by atoms with Crippen LogP contribution in [-0.4, -0.2) is 61.5 Å². The van der Waals surface area contributed by atoms with Gasteiger partial charge in [0.1, 0.15) is 0 Å². The Balaban J connectivity index is 1.25. The zero-order valence-electron chi connectivity index (χ0n) is 16.5. The molecule has 28 heavy (non-hydrogen) atoms. The van der Waals surface area contributed by atoms with E-state index in [0.717, 1.165) is 57.8 Å². The van der Waals surface area contributed by atoms with E-state index < -0.39 is 0 Å². The summed E-state index contributed by atoms with van der Waals surface area (Å²) in [6.07, 6.45) is 6.56. The van der Waals surface area contributed by atoms with Gasteiger partial charge in [-0.1, -0.05) is 60.7 Å². The van der Waals surface area contributed by atoms with Crippen molar-refractivity contribution in [2.75, 3.05) is 50.7 Å². The van der Waals surface area contributed by atoms with Gasteiger partial charge >= 0.3 is 0 Å². The Morgan fingerprint density at radius 1 is 0.857 bits per heavy atom. The molecule has 0 atom stereocenters. The highest BCUT2D eigenvalue weighted by Gasteiger charge is 2.25. The fourth-order valence-electron chi connectivity index (χ4n) is 4.10. The molecule has 0 aliphatic carbocycles. The molecule has 2 aromatic rings. The summed E-state index contributed by atoms with van der Waals surface area (Å²) in [6, 6.07) is 18.8. The molecule has 146 valence electrons. The van der Waals surface area contributed by atoms with Crippen molar-refractivity contribution in [3.8, 4) is 0 Å². The largest absolute Gasteiger partial charge is 0.311 e. The van der Waals surface area contributed by atoms with Crippen LogP contribution in [0.25, 0.3) is 6.08 Å². The maximum absolute atomic E-state index is 12.9. The van der Waals surface area contributed by atoms with E-state index in [0.29, 0.717) is 6.54 Å². The van der Waals surface area contributed by atoms with E-state index in [1.54, 1.807) is 0 Å². The number of nitrogens with zero attached hydrogens (tertiary/aromatic N) is 3. The van der Waals surface area contributed by atoms with Crippen LogP contribution in [0.4, 0.5) is 5.69 Å². The maximum atomic E-state index is 12.9. The first-order valence-electron chi connectivity index (χ1n) is 10.3. The van der Waals surface area contributed by atoms with Crippen LogP contribution in [0.2, 0.25) is 0 Å². The molecule has 2 aromatic carbocycles. The summed E-state index contributed by atoms with van der Waals surface area (Å²) >= 11 is 0. The van der Waals surface area contributed by atoms with E-state index in [1.807, 2.05) is 17.0 Å². The number of fused-ring (bicyclic) bond motifs is 1. The van der Waals surface area contributed by atoms with Crippen LogP contribution in [0.1, 0.15) is 17.5 Å². The molecular weight excluding hydrogens is 346 g/mol. The number of rotatable bonds is 5. The summed E-state index contributed by atoms with van der Waals surface area (Å²) in [4.78, 5) is 19.7.